The zero-order valence-corrected chi connectivity index (χ0v) is 11.5. The summed E-state index contributed by atoms with van der Waals surface area (Å²) in [5.74, 6) is 0. The zero-order valence-electron chi connectivity index (χ0n) is 11.5. The third kappa shape index (κ3) is 3.12. The molecule has 4 nitrogen and oxygen atoms in total. The molecule has 0 fully saturated rings. The van der Waals surface area contributed by atoms with Crippen molar-refractivity contribution in [2.45, 2.75) is 12.4 Å². The van der Waals surface area contributed by atoms with Gasteiger partial charge in [-0.05, 0) is 35.0 Å². The molecule has 0 saturated carbocycles. The Morgan fingerprint density at radius 1 is 0.875 bits per heavy atom. The number of benzene rings is 1. The van der Waals surface area contributed by atoms with Crippen LogP contribution in [0.4, 0.5) is 26.3 Å². The first-order valence-corrected chi connectivity index (χ1v) is 6.19. The van der Waals surface area contributed by atoms with Crippen molar-refractivity contribution < 1.29 is 26.3 Å². The third-order valence-corrected chi connectivity index (χ3v) is 3.22. The van der Waals surface area contributed by atoms with Gasteiger partial charge in [0, 0.05) is 5.57 Å². The van der Waals surface area contributed by atoms with Gasteiger partial charge in [0.25, 0.3) is 0 Å². The van der Waals surface area contributed by atoms with Crippen molar-refractivity contribution >= 4 is 17.0 Å². The molecule has 0 aliphatic heterocycles. The number of rotatable bonds is 2. The second-order valence-electron chi connectivity index (χ2n) is 4.73. The number of hydrogen-bond acceptors (Lipinski definition) is 4. The summed E-state index contributed by atoms with van der Waals surface area (Å²) >= 11 is 0. The molecular weight excluding hydrogens is 340 g/mol. The summed E-state index contributed by atoms with van der Waals surface area (Å²) in [7, 11) is 0. The van der Waals surface area contributed by atoms with E-state index in [0.29, 0.717) is 12.1 Å². The van der Waals surface area contributed by atoms with E-state index < -0.39 is 51.7 Å². The fraction of sp³-hybridized carbons (Fsp3) is 0.143. The first kappa shape index (κ1) is 17.6. The van der Waals surface area contributed by atoms with Crippen molar-refractivity contribution in [3.63, 3.8) is 0 Å². The molecule has 0 radical (unpaired) electrons. The highest BCUT2D eigenvalue weighted by Gasteiger charge is 2.39. The molecular formula is C14H7F6N3O. The Balaban J connectivity index is 2.69. The summed E-state index contributed by atoms with van der Waals surface area (Å²) in [6.45, 7) is 0. The monoisotopic (exact) mass is 347 g/mol. The Morgan fingerprint density at radius 3 is 2.00 bits per heavy atom. The third-order valence-electron chi connectivity index (χ3n) is 3.22. The van der Waals surface area contributed by atoms with Crippen molar-refractivity contribution in [1.82, 2.24) is 0 Å². The van der Waals surface area contributed by atoms with Crippen LogP contribution in [0.15, 0.2) is 41.2 Å². The quantitative estimate of drug-likeness (QED) is 0.449. The van der Waals surface area contributed by atoms with Crippen LogP contribution in [0.2, 0.25) is 0 Å². The molecule has 2 N–H and O–H groups in total. The SMILES string of the molecule is N=C1C(=N)C(c2ccc(C(F)(F)F)cc2C(F)(F)F)=CC=C1N=O. The van der Waals surface area contributed by atoms with Gasteiger partial charge in [0.1, 0.15) is 11.4 Å². The van der Waals surface area contributed by atoms with Crippen LogP contribution in [0.5, 0.6) is 0 Å². The minimum absolute atomic E-state index is 0.0513. The largest absolute Gasteiger partial charge is 0.417 e. The Kier molecular flexibility index (Phi) is 4.17. The molecule has 0 atom stereocenters. The van der Waals surface area contributed by atoms with Gasteiger partial charge < -0.3 is 0 Å². The van der Waals surface area contributed by atoms with E-state index in [-0.39, 0.29) is 6.07 Å². The lowest BCUT2D eigenvalue weighted by atomic mass is 9.88. The number of allylic oxidation sites excluding steroid dienone is 4. The predicted octanol–water partition coefficient (Wildman–Crippen LogP) is 4.81. The molecule has 2 rings (SSSR count). The number of nitrogens with zero attached hydrogens (tertiary/aromatic N) is 1. The van der Waals surface area contributed by atoms with Crippen LogP contribution in [-0.2, 0) is 12.4 Å². The average molecular weight is 347 g/mol. The van der Waals surface area contributed by atoms with Crippen LogP contribution in [0, 0.1) is 15.7 Å². The molecule has 0 spiro atoms. The molecule has 1 aromatic carbocycles. The van der Waals surface area contributed by atoms with Gasteiger partial charge in [-0.15, -0.1) is 4.91 Å². The van der Waals surface area contributed by atoms with E-state index in [2.05, 4.69) is 5.18 Å². The van der Waals surface area contributed by atoms with Crippen LogP contribution < -0.4 is 0 Å². The maximum Gasteiger partial charge on any atom is 0.417 e. The summed E-state index contributed by atoms with van der Waals surface area (Å²) in [4.78, 5) is 10.5. The lowest BCUT2D eigenvalue weighted by molar-refractivity contribution is -0.143. The topological polar surface area (TPSA) is 77.1 Å². The molecule has 10 heteroatoms. The number of alkyl halides is 6. The smallest absolute Gasteiger partial charge is 0.298 e. The summed E-state index contributed by atoms with van der Waals surface area (Å²) in [5.41, 5.74) is -6.09. The molecule has 1 aromatic rings. The van der Waals surface area contributed by atoms with Crippen LogP contribution in [0.1, 0.15) is 16.7 Å². The molecule has 0 amide bonds. The summed E-state index contributed by atoms with van der Waals surface area (Å²) in [5, 5.41) is 17.6. The van der Waals surface area contributed by atoms with Gasteiger partial charge >= 0.3 is 12.4 Å². The van der Waals surface area contributed by atoms with Crippen LogP contribution in [-0.4, -0.2) is 11.4 Å². The second kappa shape index (κ2) is 5.69. The molecule has 24 heavy (non-hydrogen) atoms. The van der Waals surface area contributed by atoms with E-state index in [0.717, 1.165) is 12.2 Å². The number of halogens is 6. The first-order chi connectivity index (χ1) is 11.0. The van der Waals surface area contributed by atoms with Crippen molar-refractivity contribution in [2.75, 3.05) is 0 Å². The fourth-order valence-corrected chi connectivity index (χ4v) is 2.08. The molecule has 0 saturated heterocycles. The zero-order chi connectivity index (χ0) is 18.3. The molecule has 0 unspecified atom stereocenters. The lowest BCUT2D eigenvalue weighted by Gasteiger charge is -2.20. The number of hydrogen-bond donors (Lipinski definition) is 2. The summed E-state index contributed by atoms with van der Waals surface area (Å²) < 4.78 is 77.4. The number of nitroso groups, excluding NO2 is 1. The van der Waals surface area contributed by atoms with Crippen molar-refractivity contribution in [2.24, 2.45) is 5.18 Å². The predicted molar refractivity (Wildman–Crippen MR) is 73.8 cm³/mol. The summed E-state index contributed by atoms with van der Waals surface area (Å²) in [6, 6.07) is 0.996. The molecule has 0 aromatic heterocycles. The highest BCUT2D eigenvalue weighted by atomic mass is 19.4. The average Bonchev–Trinajstić information content (AvgIpc) is 2.47. The van der Waals surface area contributed by atoms with Gasteiger partial charge in [-0.25, -0.2) is 0 Å². The number of nitrogens with one attached hydrogen (secondary N) is 2. The highest BCUT2D eigenvalue weighted by Crippen LogP contribution is 2.40. The minimum atomic E-state index is -5.10. The van der Waals surface area contributed by atoms with Gasteiger partial charge in [0.2, 0.25) is 0 Å². The van der Waals surface area contributed by atoms with Crippen LogP contribution in [0.3, 0.4) is 0 Å². The lowest BCUT2D eigenvalue weighted by Crippen LogP contribution is -2.21. The van der Waals surface area contributed by atoms with Gasteiger partial charge in [-0.3, -0.25) is 10.8 Å². The molecule has 126 valence electrons. The first-order valence-electron chi connectivity index (χ1n) is 6.19. The molecule has 0 bridgehead atoms. The molecule has 1 aliphatic rings. The maximum absolute atomic E-state index is 13.1. The van der Waals surface area contributed by atoms with Gasteiger partial charge in [-0.1, -0.05) is 6.07 Å². The van der Waals surface area contributed by atoms with Crippen LogP contribution in [0.25, 0.3) is 5.57 Å². The standard InChI is InChI=1S/C14H7F6N3O/c15-13(16,17)6-1-2-7(9(5-6)14(18,19)20)8-3-4-10(23-24)12(22)11(8)21/h1-5,21-22H. The van der Waals surface area contributed by atoms with E-state index in [4.69, 9.17) is 10.8 Å². The normalized spacial score (nSPS) is 15.9. The van der Waals surface area contributed by atoms with Crippen molar-refractivity contribution in [3.05, 3.63) is 57.6 Å². The molecule has 1 aliphatic carbocycles. The van der Waals surface area contributed by atoms with E-state index in [1.54, 1.807) is 0 Å². The minimum Gasteiger partial charge on any atom is -0.298 e. The highest BCUT2D eigenvalue weighted by molar-refractivity contribution is 6.61. The molecule has 0 heterocycles. The maximum atomic E-state index is 13.1. The Bertz CT molecular complexity index is 802. The fourth-order valence-electron chi connectivity index (χ4n) is 2.08. The Labute approximate surface area is 130 Å². The van der Waals surface area contributed by atoms with E-state index in [9.17, 15) is 31.2 Å². The van der Waals surface area contributed by atoms with Crippen molar-refractivity contribution in [1.29, 1.82) is 10.8 Å². The van der Waals surface area contributed by atoms with Crippen LogP contribution >= 0.6 is 0 Å². The van der Waals surface area contributed by atoms with Crippen molar-refractivity contribution in [3.8, 4) is 0 Å². The van der Waals surface area contributed by atoms with Gasteiger partial charge in [-0.2, -0.15) is 26.3 Å². The Morgan fingerprint density at radius 2 is 1.50 bits per heavy atom. The summed E-state index contributed by atoms with van der Waals surface area (Å²) in [6.07, 6.45) is -8.20. The Hall–Kier alpha value is -2.78. The second-order valence-corrected chi connectivity index (χ2v) is 4.73. The van der Waals surface area contributed by atoms with Gasteiger partial charge in [0.05, 0.1) is 16.8 Å². The van der Waals surface area contributed by atoms with E-state index in [1.165, 1.54) is 0 Å². The van der Waals surface area contributed by atoms with E-state index in [1.807, 2.05) is 0 Å². The van der Waals surface area contributed by atoms with Gasteiger partial charge in [0.15, 0.2) is 0 Å². The van der Waals surface area contributed by atoms with E-state index >= 15 is 0 Å².